The smallest absolute Gasteiger partial charge is 0.183 e. The summed E-state index contributed by atoms with van der Waals surface area (Å²) >= 11 is 5.73. The van der Waals surface area contributed by atoms with Crippen LogP contribution in [0.4, 0.5) is 4.39 Å². The first-order valence-electron chi connectivity index (χ1n) is 4.58. The average molecular weight is 242 g/mol. The van der Waals surface area contributed by atoms with Gasteiger partial charge in [-0.1, -0.05) is 11.6 Å². The zero-order valence-corrected chi connectivity index (χ0v) is 9.20. The first-order chi connectivity index (χ1) is 7.63. The van der Waals surface area contributed by atoms with E-state index in [1.54, 1.807) is 6.07 Å². The molecule has 1 N–H and O–H groups in total. The molecule has 0 bridgehead atoms. The highest BCUT2D eigenvalue weighted by Crippen LogP contribution is 2.26. The van der Waals surface area contributed by atoms with Gasteiger partial charge in [-0.25, -0.2) is 4.39 Å². The lowest BCUT2D eigenvalue weighted by atomic mass is 10.1. The molecule has 0 amide bonds. The maximum Gasteiger partial charge on any atom is 0.183 e. The Labute approximate surface area is 96.4 Å². The molecule has 0 spiro atoms. The number of aromatic nitrogens is 1. The van der Waals surface area contributed by atoms with Crippen molar-refractivity contribution in [3.05, 3.63) is 40.8 Å². The molecule has 0 aliphatic carbocycles. The Balaban J connectivity index is 2.68. The summed E-state index contributed by atoms with van der Waals surface area (Å²) in [5, 5.41) is 10.0. The number of methoxy groups -OCH3 is 1. The van der Waals surface area contributed by atoms with Gasteiger partial charge in [0.2, 0.25) is 0 Å². The first-order valence-corrected chi connectivity index (χ1v) is 4.96. The number of rotatable bonds is 2. The van der Waals surface area contributed by atoms with Crippen molar-refractivity contribution in [2.24, 2.45) is 0 Å². The van der Waals surface area contributed by atoms with E-state index in [2.05, 4.69) is 9.72 Å². The zero-order chi connectivity index (χ0) is 11.7. The number of nitrogens with zero attached hydrogens (tertiary/aromatic N) is 1. The Morgan fingerprint density at radius 2 is 2.25 bits per heavy atom. The molecular weight excluding hydrogens is 233 g/mol. The Bertz CT molecular complexity index is 533. The molecule has 1 aromatic heterocycles. The van der Waals surface area contributed by atoms with E-state index in [4.69, 9.17) is 11.6 Å². The fourth-order valence-electron chi connectivity index (χ4n) is 1.47. The molecule has 1 aromatic carbocycles. The Morgan fingerprint density at radius 3 is 2.94 bits per heavy atom. The number of hydrogen-bond acceptors (Lipinski definition) is 3. The van der Waals surface area contributed by atoms with E-state index in [9.17, 15) is 9.50 Å². The van der Waals surface area contributed by atoms with E-state index < -0.39 is 12.1 Å². The second-order valence-corrected chi connectivity index (χ2v) is 3.71. The predicted molar refractivity (Wildman–Crippen MR) is 58.7 cm³/mol. The highest BCUT2D eigenvalue weighted by Gasteiger charge is 2.15. The van der Waals surface area contributed by atoms with E-state index in [-0.39, 0.29) is 10.9 Å². The molecule has 2 rings (SSSR count). The molecular formula is C11H9ClFNO2. The fraction of sp³-hybridized carbons (Fsp3) is 0.182. The van der Waals surface area contributed by atoms with Crippen LogP contribution in [0.25, 0.3) is 10.9 Å². The third kappa shape index (κ3) is 1.87. The summed E-state index contributed by atoms with van der Waals surface area (Å²) in [6.07, 6.45) is 0.152. The molecule has 2 aromatic rings. The molecule has 0 fully saturated rings. The molecule has 84 valence electrons. The molecule has 0 saturated carbocycles. The van der Waals surface area contributed by atoms with E-state index in [0.717, 1.165) is 0 Å². The largest absolute Gasteiger partial charge is 0.364 e. The molecule has 0 aliphatic rings. The molecule has 1 unspecified atom stereocenters. The van der Waals surface area contributed by atoms with Crippen LogP contribution in [-0.2, 0) is 4.74 Å². The lowest BCUT2D eigenvalue weighted by molar-refractivity contribution is -0.0788. The van der Waals surface area contributed by atoms with Gasteiger partial charge in [0.15, 0.2) is 6.29 Å². The SMILES string of the molecule is COC(O)c1ccc2ncc(Cl)cc2c1F. The van der Waals surface area contributed by atoms with Crippen molar-refractivity contribution in [1.82, 2.24) is 4.98 Å². The summed E-state index contributed by atoms with van der Waals surface area (Å²) in [5.74, 6) is -0.568. The summed E-state index contributed by atoms with van der Waals surface area (Å²) in [4.78, 5) is 3.97. The van der Waals surface area contributed by atoms with E-state index in [1.807, 2.05) is 0 Å². The van der Waals surface area contributed by atoms with Crippen molar-refractivity contribution in [3.8, 4) is 0 Å². The maximum absolute atomic E-state index is 13.9. The van der Waals surface area contributed by atoms with Gasteiger partial charge in [0, 0.05) is 24.3 Å². The van der Waals surface area contributed by atoms with E-state index in [1.165, 1.54) is 25.4 Å². The van der Waals surface area contributed by atoms with Gasteiger partial charge < -0.3 is 9.84 Å². The van der Waals surface area contributed by atoms with Crippen molar-refractivity contribution >= 4 is 22.5 Å². The number of hydrogen-bond donors (Lipinski definition) is 1. The van der Waals surface area contributed by atoms with Gasteiger partial charge in [-0.2, -0.15) is 0 Å². The standard InChI is InChI=1S/C11H9ClFNO2/c1-16-11(15)7-2-3-9-8(10(7)13)4-6(12)5-14-9/h2-5,11,15H,1H3. The zero-order valence-electron chi connectivity index (χ0n) is 8.45. The average Bonchev–Trinajstić information content (AvgIpc) is 2.29. The molecule has 3 nitrogen and oxygen atoms in total. The Kier molecular flexibility index (Phi) is 3.05. The Morgan fingerprint density at radius 1 is 1.50 bits per heavy atom. The number of aliphatic hydroxyl groups is 1. The van der Waals surface area contributed by atoms with Gasteiger partial charge in [0.25, 0.3) is 0 Å². The van der Waals surface area contributed by atoms with Crippen LogP contribution in [0.3, 0.4) is 0 Å². The van der Waals surface area contributed by atoms with Crippen LogP contribution >= 0.6 is 11.6 Å². The highest BCUT2D eigenvalue weighted by molar-refractivity contribution is 6.31. The number of halogens is 2. The third-order valence-electron chi connectivity index (χ3n) is 2.29. The minimum Gasteiger partial charge on any atom is -0.364 e. The molecule has 1 heterocycles. The summed E-state index contributed by atoms with van der Waals surface area (Å²) in [7, 11) is 1.30. The normalized spacial score (nSPS) is 13.0. The summed E-state index contributed by atoms with van der Waals surface area (Å²) in [6.45, 7) is 0. The molecule has 5 heteroatoms. The summed E-state index contributed by atoms with van der Waals surface area (Å²) < 4.78 is 18.6. The van der Waals surface area contributed by atoms with Gasteiger partial charge in [-0.3, -0.25) is 4.98 Å². The van der Waals surface area contributed by atoms with E-state index in [0.29, 0.717) is 10.5 Å². The minimum atomic E-state index is -1.29. The van der Waals surface area contributed by atoms with Crippen LogP contribution in [0.2, 0.25) is 5.02 Å². The van der Waals surface area contributed by atoms with Gasteiger partial charge in [0.05, 0.1) is 10.5 Å². The van der Waals surface area contributed by atoms with E-state index >= 15 is 0 Å². The Hall–Kier alpha value is -1.23. The minimum absolute atomic E-state index is 0.0686. The maximum atomic E-state index is 13.9. The molecule has 16 heavy (non-hydrogen) atoms. The first kappa shape index (κ1) is 11.3. The van der Waals surface area contributed by atoms with Crippen LogP contribution in [0, 0.1) is 5.82 Å². The van der Waals surface area contributed by atoms with Gasteiger partial charge in [-0.15, -0.1) is 0 Å². The van der Waals surface area contributed by atoms with Crippen molar-refractivity contribution in [3.63, 3.8) is 0 Å². The quantitative estimate of drug-likeness (QED) is 0.822. The molecule has 1 atom stereocenters. The molecule has 0 radical (unpaired) electrons. The van der Waals surface area contributed by atoms with Crippen molar-refractivity contribution in [1.29, 1.82) is 0 Å². The second kappa shape index (κ2) is 4.33. The lowest BCUT2D eigenvalue weighted by Gasteiger charge is -2.11. The van der Waals surface area contributed by atoms with Crippen LogP contribution in [0.5, 0.6) is 0 Å². The van der Waals surface area contributed by atoms with Crippen LogP contribution < -0.4 is 0 Å². The summed E-state index contributed by atoms with van der Waals surface area (Å²) in [5.41, 5.74) is 0.549. The second-order valence-electron chi connectivity index (χ2n) is 3.28. The number of pyridine rings is 1. The van der Waals surface area contributed by atoms with Crippen molar-refractivity contribution in [2.75, 3.05) is 7.11 Å². The monoisotopic (exact) mass is 241 g/mol. The predicted octanol–water partition coefficient (Wildman–Crippen LogP) is 2.66. The van der Waals surface area contributed by atoms with Crippen molar-refractivity contribution in [2.45, 2.75) is 6.29 Å². The van der Waals surface area contributed by atoms with Crippen LogP contribution in [0.15, 0.2) is 24.4 Å². The number of fused-ring (bicyclic) bond motifs is 1. The molecule has 0 saturated heterocycles. The lowest BCUT2D eigenvalue weighted by Crippen LogP contribution is -2.03. The van der Waals surface area contributed by atoms with Gasteiger partial charge in [-0.05, 0) is 18.2 Å². The third-order valence-corrected chi connectivity index (χ3v) is 2.49. The van der Waals surface area contributed by atoms with Crippen LogP contribution in [-0.4, -0.2) is 17.2 Å². The highest BCUT2D eigenvalue weighted by atomic mass is 35.5. The number of ether oxygens (including phenoxy) is 1. The fourth-order valence-corrected chi connectivity index (χ4v) is 1.63. The van der Waals surface area contributed by atoms with Gasteiger partial charge >= 0.3 is 0 Å². The molecule has 0 aliphatic heterocycles. The van der Waals surface area contributed by atoms with Crippen LogP contribution in [0.1, 0.15) is 11.9 Å². The van der Waals surface area contributed by atoms with Gasteiger partial charge in [0.1, 0.15) is 5.82 Å². The number of aliphatic hydroxyl groups excluding tert-OH is 1. The summed E-state index contributed by atoms with van der Waals surface area (Å²) in [6, 6.07) is 4.50. The van der Waals surface area contributed by atoms with Crippen molar-refractivity contribution < 1.29 is 14.2 Å². The number of benzene rings is 1. The topological polar surface area (TPSA) is 42.4 Å².